The summed E-state index contributed by atoms with van der Waals surface area (Å²) in [5.74, 6) is 5.67. The number of imidazole rings is 1. The minimum Gasteiger partial charge on any atom is -0.336 e. The fourth-order valence-corrected chi connectivity index (χ4v) is 2.22. The first-order chi connectivity index (χ1) is 8.56. The SMILES string of the molecule is CC(C)n1ncc(Cl)c1C(NN)c1cncn1C. The van der Waals surface area contributed by atoms with E-state index in [4.69, 9.17) is 17.4 Å². The van der Waals surface area contributed by atoms with Crippen LogP contribution in [0.5, 0.6) is 0 Å². The lowest BCUT2D eigenvalue weighted by Gasteiger charge is -2.20. The zero-order valence-corrected chi connectivity index (χ0v) is 11.4. The van der Waals surface area contributed by atoms with E-state index in [1.807, 2.05) is 30.1 Å². The molecule has 2 aromatic rings. The van der Waals surface area contributed by atoms with Crippen LogP contribution in [0.15, 0.2) is 18.7 Å². The molecule has 0 aliphatic rings. The second kappa shape index (κ2) is 5.09. The molecule has 1 unspecified atom stereocenters. The summed E-state index contributed by atoms with van der Waals surface area (Å²) in [7, 11) is 1.91. The smallest absolute Gasteiger partial charge is 0.106 e. The van der Waals surface area contributed by atoms with Gasteiger partial charge in [0.2, 0.25) is 0 Å². The highest BCUT2D eigenvalue weighted by Gasteiger charge is 2.24. The van der Waals surface area contributed by atoms with E-state index < -0.39 is 0 Å². The number of nitrogens with two attached hydrogens (primary N) is 1. The van der Waals surface area contributed by atoms with Gasteiger partial charge in [-0.15, -0.1) is 0 Å². The molecule has 0 saturated carbocycles. The highest BCUT2D eigenvalue weighted by atomic mass is 35.5. The number of hydrogen-bond donors (Lipinski definition) is 2. The summed E-state index contributed by atoms with van der Waals surface area (Å²) in [5.41, 5.74) is 4.56. The van der Waals surface area contributed by atoms with Crippen molar-refractivity contribution in [2.75, 3.05) is 0 Å². The number of halogens is 1. The van der Waals surface area contributed by atoms with Crippen LogP contribution in [0.4, 0.5) is 0 Å². The Morgan fingerprint density at radius 2 is 2.11 bits per heavy atom. The van der Waals surface area contributed by atoms with Gasteiger partial charge in [-0.2, -0.15) is 5.10 Å². The van der Waals surface area contributed by atoms with Gasteiger partial charge in [-0.1, -0.05) is 11.6 Å². The molecule has 0 amide bonds. The minimum atomic E-state index is -0.241. The third kappa shape index (κ3) is 2.14. The first kappa shape index (κ1) is 13.1. The molecule has 2 heterocycles. The van der Waals surface area contributed by atoms with E-state index >= 15 is 0 Å². The second-order valence-corrected chi connectivity index (χ2v) is 4.85. The minimum absolute atomic E-state index is 0.205. The van der Waals surface area contributed by atoms with Gasteiger partial charge >= 0.3 is 0 Å². The molecule has 0 aliphatic heterocycles. The largest absolute Gasteiger partial charge is 0.336 e. The standard InChI is InChI=1S/C11H17ClN6/c1-7(2)18-11(8(12)4-15-18)10(16-13)9-5-14-6-17(9)3/h4-7,10,16H,13H2,1-3H3. The number of hydrogen-bond acceptors (Lipinski definition) is 4. The van der Waals surface area contributed by atoms with Gasteiger partial charge in [0.15, 0.2) is 0 Å². The van der Waals surface area contributed by atoms with Gasteiger partial charge in [0.05, 0.1) is 35.1 Å². The van der Waals surface area contributed by atoms with Crippen molar-refractivity contribution in [3.8, 4) is 0 Å². The Morgan fingerprint density at radius 1 is 1.39 bits per heavy atom. The van der Waals surface area contributed by atoms with E-state index in [9.17, 15) is 0 Å². The number of aryl methyl sites for hydroxylation is 1. The summed E-state index contributed by atoms with van der Waals surface area (Å²) in [5, 5.41) is 4.87. The molecular formula is C11H17ClN6. The average Bonchev–Trinajstić information content (AvgIpc) is 2.89. The Kier molecular flexibility index (Phi) is 3.70. The summed E-state index contributed by atoms with van der Waals surface area (Å²) in [6.07, 6.45) is 5.12. The van der Waals surface area contributed by atoms with Gasteiger partial charge < -0.3 is 4.57 Å². The van der Waals surface area contributed by atoms with Crippen LogP contribution in [-0.4, -0.2) is 19.3 Å². The Hall–Kier alpha value is -1.37. The topological polar surface area (TPSA) is 73.7 Å². The van der Waals surface area contributed by atoms with E-state index in [1.54, 1.807) is 18.7 Å². The molecule has 6 nitrogen and oxygen atoms in total. The molecule has 18 heavy (non-hydrogen) atoms. The van der Waals surface area contributed by atoms with Crippen molar-refractivity contribution in [2.45, 2.75) is 25.9 Å². The maximum atomic E-state index is 6.22. The van der Waals surface area contributed by atoms with Gasteiger partial charge in [-0.05, 0) is 13.8 Å². The fraction of sp³-hybridized carbons (Fsp3) is 0.455. The van der Waals surface area contributed by atoms with Crippen LogP contribution in [-0.2, 0) is 7.05 Å². The number of nitrogens with one attached hydrogen (secondary N) is 1. The summed E-state index contributed by atoms with van der Waals surface area (Å²) >= 11 is 6.22. The Bertz CT molecular complexity index is 529. The number of hydrazine groups is 1. The lowest BCUT2D eigenvalue weighted by molar-refractivity contribution is 0.468. The van der Waals surface area contributed by atoms with Gasteiger partial charge in [0.25, 0.3) is 0 Å². The van der Waals surface area contributed by atoms with Crippen molar-refractivity contribution in [1.82, 2.24) is 24.8 Å². The van der Waals surface area contributed by atoms with Crippen LogP contribution in [0.3, 0.4) is 0 Å². The third-order valence-corrected chi connectivity index (χ3v) is 3.16. The fourth-order valence-electron chi connectivity index (χ4n) is 1.98. The van der Waals surface area contributed by atoms with E-state index in [0.29, 0.717) is 5.02 Å². The molecule has 7 heteroatoms. The molecule has 98 valence electrons. The number of nitrogens with zero attached hydrogens (tertiary/aromatic N) is 4. The van der Waals surface area contributed by atoms with Crippen LogP contribution in [0.25, 0.3) is 0 Å². The highest BCUT2D eigenvalue weighted by Crippen LogP contribution is 2.29. The van der Waals surface area contributed by atoms with Gasteiger partial charge in [0.1, 0.15) is 6.04 Å². The molecular weight excluding hydrogens is 252 g/mol. The monoisotopic (exact) mass is 268 g/mol. The summed E-state index contributed by atoms with van der Waals surface area (Å²) in [4.78, 5) is 4.10. The molecule has 0 radical (unpaired) electrons. The first-order valence-electron chi connectivity index (χ1n) is 5.71. The summed E-state index contributed by atoms with van der Waals surface area (Å²) in [6.45, 7) is 4.09. The molecule has 0 bridgehead atoms. The highest BCUT2D eigenvalue weighted by molar-refractivity contribution is 6.31. The Balaban J connectivity index is 2.52. The zero-order valence-electron chi connectivity index (χ0n) is 10.6. The molecule has 0 saturated heterocycles. The van der Waals surface area contributed by atoms with Crippen LogP contribution in [0.2, 0.25) is 5.02 Å². The quantitative estimate of drug-likeness (QED) is 0.649. The summed E-state index contributed by atoms with van der Waals surface area (Å²) in [6, 6.07) is -0.0357. The van der Waals surface area contributed by atoms with Crippen molar-refractivity contribution in [3.05, 3.63) is 35.1 Å². The van der Waals surface area contributed by atoms with Crippen molar-refractivity contribution in [2.24, 2.45) is 12.9 Å². The average molecular weight is 269 g/mol. The van der Waals surface area contributed by atoms with Crippen LogP contribution < -0.4 is 11.3 Å². The first-order valence-corrected chi connectivity index (χ1v) is 6.09. The predicted molar refractivity (Wildman–Crippen MR) is 70.0 cm³/mol. The van der Waals surface area contributed by atoms with Crippen molar-refractivity contribution in [3.63, 3.8) is 0 Å². The van der Waals surface area contributed by atoms with Gasteiger partial charge in [-0.25, -0.2) is 10.4 Å². The van der Waals surface area contributed by atoms with Crippen LogP contribution >= 0.6 is 11.6 Å². The van der Waals surface area contributed by atoms with E-state index in [1.165, 1.54) is 0 Å². The van der Waals surface area contributed by atoms with Crippen molar-refractivity contribution >= 4 is 11.6 Å². The number of aromatic nitrogens is 4. The molecule has 0 aromatic carbocycles. The molecule has 0 spiro atoms. The molecule has 2 rings (SSSR count). The Labute approximate surface area is 111 Å². The Morgan fingerprint density at radius 3 is 2.61 bits per heavy atom. The molecule has 3 N–H and O–H groups in total. The van der Waals surface area contributed by atoms with Gasteiger partial charge in [-0.3, -0.25) is 10.5 Å². The van der Waals surface area contributed by atoms with Crippen molar-refractivity contribution in [1.29, 1.82) is 0 Å². The van der Waals surface area contributed by atoms with Crippen LogP contribution in [0, 0.1) is 0 Å². The normalized spacial score (nSPS) is 13.2. The van der Waals surface area contributed by atoms with Gasteiger partial charge in [0, 0.05) is 13.1 Å². The second-order valence-electron chi connectivity index (χ2n) is 4.45. The van der Waals surface area contributed by atoms with Crippen molar-refractivity contribution < 1.29 is 0 Å². The molecule has 2 aromatic heterocycles. The third-order valence-electron chi connectivity index (χ3n) is 2.87. The molecule has 0 fully saturated rings. The predicted octanol–water partition coefficient (Wildman–Crippen LogP) is 1.40. The molecule has 1 atom stereocenters. The van der Waals surface area contributed by atoms with E-state index in [-0.39, 0.29) is 12.1 Å². The summed E-state index contributed by atoms with van der Waals surface area (Å²) < 4.78 is 3.76. The lowest BCUT2D eigenvalue weighted by atomic mass is 10.1. The van der Waals surface area contributed by atoms with E-state index in [0.717, 1.165) is 11.4 Å². The van der Waals surface area contributed by atoms with Crippen LogP contribution in [0.1, 0.15) is 37.3 Å². The molecule has 0 aliphatic carbocycles. The maximum Gasteiger partial charge on any atom is 0.106 e. The lowest BCUT2D eigenvalue weighted by Crippen LogP contribution is -2.32. The number of rotatable bonds is 4. The maximum absolute atomic E-state index is 6.22. The zero-order chi connectivity index (χ0) is 13.3. The van der Waals surface area contributed by atoms with E-state index in [2.05, 4.69) is 15.5 Å².